The number of fused-ring (bicyclic) bond motifs is 1. The van der Waals surface area contributed by atoms with Crippen molar-refractivity contribution in [2.45, 2.75) is 43.5 Å². The Morgan fingerprint density at radius 3 is 2.47 bits per heavy atom. The summed E-state index contributed by atoms with van der Waals surface area (Å²) in [7, 11) is -2.26. The van der Waals surface area contributed by atoms with E-state index >= 15 is 0 Å². The van der Waals surface area contributed by atoms with Gasteiger partial charge in [-0.15, -0.1) is 0 Å². The number of methoxy groups -OCH3 is 1. The molecule has 2 aromatic rings. The van der Waals surface area contributed by atoms with Crippen LogP contribution in [-0.4, -0.2) is 44.6 Å². The first kappa shape index (κ1) is 22.0. The van der Waals surface area contributed by atoms with E-state index in [1.807, 2.05) is 36.4 Å². The van der Waals surface area contributed by atoms with Gasteiger partial charge in [0.1, 0.15) is 0 Å². The fourth-order valence-electron chi connectivity index (χ4n) is 3.66. The van der Waals surface area contributed by atoms with E-state index in [9.17, 15) is 18.0 Å². The summed E-state index contributed by atoms with van der Waals surface area (Å²) in [5.74, 6) is -0.965. The molecular weight excluding hydrogens is 402 g/mol. The second-order valence-electron chi connectivity index (χ2n) is 7.48. The Balaban J connectivity index is 1.67. The zero-order chi connectivity index (χ0) is 21.6. The molecule has 1 amide bonds. The molecule has 160 valence electrons. The number of esters is 1. The molecule has 0 saturated carbocycles. The third-order valence-electron chi connectivity index (χ3n) is 5.40. The Hall–Kier alpha value is -2.67. The molecule has 30 heavy (non-hydrogen) atoms. The number of sulfone groups is 1. The van der Waals surface area contributed by atoms with Crippen LogP contribution in [0, 0.1) is 0 Å². The van der Waals surface area contributed by atoms with Gasteiger partial charge in [-0.2, -0.15) is 0 Å². The Labute approximate surface area is 177 Å². The first-order valence-electron chi connectivity index (χ1n) is 10.1. The zero-order valence-electron chi connectivity index (χ0n) is 17.2. The SMILES string of the molecule is COC(=O)CCN(Cc1ccccc1)C(=O)CCS(=O)(=O)c1ccc2c(c1)CCC2. The monoisotopic (exact) mass is 429 g/mol. The maximum atomic E-state index is 12.8. The molecule has 0 atom stereocenters. The molecule has 0 aliphatic heterocycles. The smallest absolute Gasteiger partial charge is 0.307 e. The third kappa shape index (κ3) is 5.69. The highest BCUT2D eigenvalue weighted by Crippen LogP contribution is 2.25. The molecule has 2 aromatic carbocycles. The van der Waals surface area contributed by atoms with Gasteiger partial charge in [0, 0.05) is 19.5 Å². The predicted molar refractivity (Wildman–Crippen MR) is 114 cm³/mol. The number of hydrogen-bond donors (Lipinski definition) is 0. The second-order valence-corrected chi connectivity index (χ2v) is 9.59. The number of rotatable bonds is 9. The van der Waals surface area contributed by atoms with Crippen LogP contribution in [0.1, 0.15) is 36.0 Å². The molecule has 0 radical (unpaired) electrons. The molecule has 0 N–H and O–H groups in total. The van der Waals surface area contributed by atoms with Crippen LogP contribution in [0.4, 0.5) is 0 Å². The van der Waals surface area contributed by atoms with Gasteiger partial charge in [0.05, 0.1) is 24.2 Å². The number of ether oxygens (including phenoxy) is 1. The van der Waals surface area contributed by atoms with E-state index in [4.69, 9.17) is 0 Å². The molecule has 1 aliphatic carbocycles. The Bertz CT molecular complexity index is 1000. The summed E-state index contributed by atoms with van der Waals surface area (Å²) in [5.41, 5.74) is 3.21. The standard InChI is InChI=1S/C23H27NO5S/c1-29-23(26)12-14-24(17-18-6-3-2-4-7-18)22(25)13-15-30(27,28)21-11-10-19-8-5-9-20(19)16-21/h2-4,6-7,10-11,16H,5,8-9,12-15,17H2,1H3. The molecule has 0 spiro atoms. The Kier molecular flexibility index (Phi) is 7.26. The van der Waals surface area contributed by atoms with Crippen molar-refractivity contribution in [3.05, 3.63) is 65.2 Å². The van der Waals surface area contributed by atoms with Crippen LogP contribution < -0.4 is 0 Å². The molecule has 0 saturated heterocycles. The highest BCUT2D eigenvalue weighted by Gasteiger charge is 2.22. The number of carbonyl (C=O) groups excluding carboxylic acids is 2. The fourth-order valence-corrected chi connectivity index (χ4v) is 4.94. The highest BCUT2D eigenvalue weighted by molar-refractivity contribution is 7.91. The third-order valence-corrected chi connectivity index (χ3v) is 7.11. The van der Waals surface area contributed by atoms with Crippen LogP contribution in [-0.2, 0) is 43.5 Å². The lowest BCUT2D eigenvalue weighted by Crippen LogP contribution is -2.33. The van der Waals surface area contributed by atoms with Crippen molar-refractivity contribution in [2.24, 2.45) is 0 Å². The minimum Gasteiger partial charge on any atom is -0.469 e. The number of benzene rings is 2. The molecule has 0 fully saturated rings. The van der Waals surface area contributed by atoms with E-state index < -0.39 is 15.8 Å². The normalized spacial score (nSPS) is 13.0. The average molecular weight is 430 g/mol. The fraction of sp³-hybridized carbons (Fsp3) is 0.391. The molecule has 0 aromatic heterocycles. The minimum atomic E-state index is -3.56. The average Bonchev–Trinajstić information content (AvgIpc) is 3.23. The summed E-state index contributed by atoms with van der Waals surface area (Å²) in [6, 6.07) is 14.7. The van der Waals surface area contributed by atoms with Gasteiger partial charge in [0.25, 0.3) is 0 Å². The maximum Gasteiger partial charge on any atom is 0.307 e. The summed E-state index contributed by atoms with van der Waals surface area (Å²) in [5, 5.41) is 0. The molecule has 0 bridgehead atoms. The molecular formula is C23H27NO5S. The summed E-state index contributed by atoms with van der Waals surface area (Å²) < 4.78 is 30.2. The van der Waals surface area contributed by atoms with Gasteiger partial charge in [-0.3, -0.25) is 9.59 Å². The van der Waals surface area contributed by atoms with Crippen molar-refractivity contribution < 1.29 is 22.7 Å². The quantitative estimate of drug-likeness (QED) is 0.573. The van der Waals surface area contributed by atoms with E-state index in [0.29, 0.717) is 6.54 Å². The number of amides is 1. The molecule has 1 aliphatic rings. The van der Waals surface area contributed by atoms with Crippen molar-refractivity contribution in [3.63, 3.8) is 0 Å². The van der Waals surface area contributed by atoms with E-state index in [0.717, 1.165) is 30.4 Å². The van der Waals surface area contributed by atoms with E-state index in [2.05, 4.69) is 4.74 Å². The van der Waals surface area contributed by atoms with Crippen molar-refractivity contribution in [1.82, 2.24) is 4.90 Å². The van der Waals surface area contributed by atoms with Crippen LogP contribution in [0.15, 0.2) is 53.4 Å². The second kappa shape index (κ2) is 9.89. The van der Waals surface area contributed by atoms with Gasteiger partial charge in [0.15, 0.2) is 9.84 Å². The molecule has 3 rings (SSSR count). The maximum absolute atomic E-state index is 12.8. The van der Waals surface area contributed by atoms with E-state index in [1.165, 1.54) is 17.6 Å². The summed E-state index contributed by atoms with van der Waals surface area (Å²) >= 11 is 0. The number of aryl methyl sites for hydroxylation is 2. The van der Waals surface area contributed by atoms with Crippen LogP contribution in [0.25, 0.3) is 0 Å². The minimum absolute atomic E-state index is 0.0621. The van der Waals surface area contributed by atoms with Crippen LogP contribution in [0.3, 0.4) is 0 Å². The molecule has 7 heteroatoms. The van der Waals surface area contributed by atoms with Gasteiger partial charge in [-0.25, -0.2) is 8.42 Å². The van der Waals surface area contributed by atoms with E-state index in [1.54, 1.807) is 12.1 Å². The first-order chi connectivity index (χ1) is 14.4. The van der Waals surface area contributed by atoms with Crippen molar-refractivity contribution in [3.8, 4) is 0 Å². The zero-order valence-corrected chi connectivity index (χ0v) is 18.0. The lowest BCUT2D eigenvalue weighted by Gasteiger charge is -2.22. The van der Waals surface area contributed by atoms with Gasteiger partial charge in [0.2, 0.25) is 5.91 Å². The van der Waals surface area contributed by atoms with Crippen molar-refractivity contribution >= 4 is 21.7 Å². The van der Waals surface area contributed by atoms with Crippen LogP contribution >= 0.6 is 0 Å². The highest BCUT2D eigenvalue weighted by atomic mass is 32.2. The van der Waals surface area contributed by atoms with Gasteiger partial charge in [-0.05, 0) is 48.1 Å². The van der Waals surface area contributed by atoms with E-state index in [-0.39, 0.29) is 35.9 Å². The van der Waals surface area contributed by atoms with Crippen LogP contribution in [0.5, 0.6) is 0 Å². The summed E-state index contributed by atoms with van der Waals surface area (Å²) in [4.78, 5) is 26.1. The number of nitrogens with zero attached hydrogens (tertiary/aromatic N) is 1. The lowest BCUT2D eigenvalue weighted by atomic mass is 10.1. The predicted octanol–water partition coefficient (Wildman–Crippen LogP) is 2.93. The first-order valence-corrected chi connectivity index (χ1v) is 11.8. The largest absolute Gasteiger partial charge is 0.469 e. The van der Waals surface area contributed by atoms with Gasteiger partial charge in [-0.1, -0.05) is 36.4 Å². The van der Waals surface area contributed by atoms with Gasteiger partial charge < -0.3 is 9.64 Å². The number of hydrogen-bond acceptors (Lipinski definition) is 5. The van der Waals surface area contributed by atoms with Crippen molar-refractivity contribution in [2.75, 3.05) is 19.4 Å². The Morgan fingerprint density at radius 2 is 1.73 bits per heavy atom. The molecule has 0 heterocycles. The lowest BCUT2D eigenvalue weighted by molar-refractivity contribution is -0.141. The van der Waals surface area contributed by atoms with Crippen molar-refractivity contribution in [1.29, 1.82) is 0 Å². The topological polar surface area (TPSA) is 80.8 Å². The molecule has 6 nitrogen and oxygen atoms in total. The Morgan fingerprint density at radius 1 is 1.00 bits per heavy atom. The number of carbonyl (C=O) groups is 2. The van der Waals surface area contributed by atoms with Gasteiger partial charge >= 0.3 is 5.97 Å². The molecule has 0 unspecified atom stereocenters. The van der Waals surface area contributed by atoms with Crippen LogP contribution in [0.2, 0.25) is 0 Å². The summed E-state index contributed by atoms with van der Waals surface area (Å²) in [6.07, 6.45) is 2.87. The summed E-state index contributed by atoms with van der Waals surface area (Å²) in [6.45, 7) is 0.495.